The van der Waals surface area contributed by atoms with Crippen molar-refractivity contribution >= 4 is 11.8 Å². The third kappa shape index (κ3) is 4.66. The van der Waals surface area contributed by atoms with Gasteiger partial charge in [-0.15, -0.1) is 0 Å². The molecule has 1 rings (SSSR count). The predicted molar refractivity (Wildman–Crippen MR) is 82.3 cm³/mol. The molecule has 1 nitrogen and oxygen atoms in total. The summed E-state index contributed by atoms with van der Waals surface area (Å²) in [5.41, 5.74) is 2.52. The molecule has 0 saturated heterocycles. The van der Waals surface area contributed by atoms with Crippen molar-refractivity contribution in [2.24, 2.45) is 0 Å². The molecule has 0 radical (unpaired) electrons. The lowest BCUT2D eigenvalue weighted by Crippen LogP contribution is -2.11. The molecule has 2 heteroatoms. The summed E-state index contributed by atoms with van der Waals surface area (Å²) in [4.78, 5) is 0. The molecule has 2 unspecified atom stereocenters. The summed E-state index contributed by atoms with van der Waals surface area (Å²) in [6.45, 7) is 11.0. The number of hydrogen-bond acceptors (Lipinski definition) is 2. The molecule has 0 bridgehead atoms. The largest absolute Gasteiger partial charge is 0.388 e. The van der Waals surface area contributed by atoms with Gasteiger partial charge in [0, 0.05) is 11.0 Å². The average Bonchev–Trinajstić information content (AvgIpc) is 2.34. The van der Waals surface area contributed by atoms with E-state index >= 15 is 0 Å². The summed E-state index contributed by atoms with van der Waals surface area (Å²) in [5, 5.41) is 10.8. The van der Waals surface area contributed by atoms with E-state index in [9.17, 15) is 5.11 Å². The second-order valence-corrected chi connectivity index (χ2v) is 7.41. The first-order valence-corrected chi connectivity index (χ1v) is 7.79. The lowest BCUT2D eigenvalue weighted by Gasteiger charge is -2.20. The van der Waals surface area contributed by atoms with Crippen LogP contribution < -0.4 is 0 Å². The Morgan fingerprint density at radius 2 is 1.72 bits per heavy atom. The standard InChI is InChI=1S/C16H26OS/c1-6-12(2)18-11-15(17)13-7-9-14(10-8-13)16(3,4)5/h7-10,12,15,17H,6,11H2,1-5H3. The van der Waals surface area contributed by atoms with E-state index in [4.69, 9.17) is 0 Å². The zero-order valence-corrected chi connectivity index (χ0v) is 13.1. The van der Waals surface area contributed by atoms with E-state index in [1.165, 1.54) is 5.56 Å². The SMILES string of the molecule is CCC(C)SCC(O)c1ccc(C(C)(C)C)cc1. The quantitative estimate of drug-likeness (QED) is 0.843. The molecule has 0 aromatic heterocycles. The first-order valence-electron chi connectivity index (χ1n) is 6.74. The molecule has 0 fully saturated rings. The zero-order valence-electron chi connectivity index (χ0n) is 12.2. The van der Waals surface area contributed by atoms with Gasteiger partial charge < -0.3 is 5.11 Å². The van der Waals surface area contributed by atoms with E-state index < -0.39 is 0 Å². The van der Waals surface area contributed by atoms with Gasteiger partial charge in [0.15, 0.2) is 0 Å². The van der Waals surface area contributed by atoms with Crippen LogP contribution in [-0.4, -0.2) is 16.1 Å². The van der Waals surface area contributed by atoms with Gasteiger partial charge in [-0.2, -0.15) is 11.8 Å². The van der Waals surface area contributed by atoms with Crippen LogP contribution in [0.2, 0.25) is 0 Å². The van der Waals surface area contributed by atoms with E-state index in [1.807, 2.05) is 11.8 Å². The van der Waals surface area contributed by atoms with Gasteiger partial charge in [-0.1, -0.05) is 58.9 Å². The zero-order chi connectivity index (χ0) is 13.8. The van der Waals surface area contributed by atoms with Gasteiger partial charge in [0.05, 0.1) is 6.10 Å². The molecule has 1 aromatic rings. The fourth-order valence-corrected chi connectivity index (χ4v) is 2.61. The van der Waals surface area contributed by atoms with Crippen LogP contribution >= 0.6 is 11.8 Å². The van der Waals surface area contributed by atoms with E-state index in [0.717, 1.165) is 17.7 Å². The van der Waals surface area contributed by atoms with Gasteiger partial charge in [0.2, 0.25) is 0 Å². The molecule has 0 aliphatic rings. The third-order valence-electron chi connectivity index (χ3n) is 3.28. The van der Waals surface area contributed by atoms with Gasteiger partial charge in [-0.3, -0.25) is 0 Å². The Morgan fingerprint density at radius 1 is 1.17 bits per heavy atom. The molecule has 0 amide bonds. The normalized spacial score (nSPS) is 15.4. The molecule has 1 aromatic carbocycles. The maximum atomic E-state index is 10.1. The highest BCUT2D eigenvalue weighted by Gasteiger charge is 2.15. The molecule has 0 spiro atoms. The molecule has 0 aliphatic carbocycles. The van der Waals surface area contributed by atoms with E-state index in [2.05, 4.69) is 58.9 Å². The molecule has 0 heterocycles. The van der Waals surface area contributed by atoms with Crippen molar-refractivity contribution in [2.45, 2.75) is 57.8 Å². The highest BCUT2D eigenvalue weighted by atomic mass is 32.2. The first kappa shape index (κ1) is 15.6. The Balaban J connectivity index is 2.62. The van der Waals surface area contributed by atoms with Crippen LogP contribution in [0.25, 0.3) is 0 Å². The molecule has 2 atom stereocenters. The number of thioether (sulfide) groups is 1. The fourth-order valence-electron chi connectivity index (χ4n) is 1.67. The topological polar surface area (TPSA) is 20.2 Å². The summed E-state index contributed by atoms with van der Waals surface area (Å²) in [6, 6.07) is 8.38. The Labute approximate surface area is 116 Å². The molecule has 18 heavy (non-hydrogen) atoms. The second kappa shape index (κ2) is 6.63. The Bertz CT molecular complexity index is 350. The van der Waals surface area contributed by atoms with Crippen LogP contribution in [0.5, 0.6) is 0 Å². The average molecular weight is 266 g/mol. The highest BCUT2D eigenvalue weighted by Crippen LogP contribution is 2.26. The number of aliphatic hydroxyl groups excluding tert-OH is 1. The Morgan fingerprint density at radius 3 is 2.17 bits per heavy atom. The molecular weight excluding hydrogens is 240 g/mol. The van der Waals surface area contributed by atoms with E-state index in [0.29, 0.717) is 5.25 Å². The minimum atomic E-state index is -0.349. The first-order chi connectivity index (χ1) is 8.34. The number of benzene rings is 1. The third-order valence-corrected chi connectivity index (χ3v) is 4.69. The van der Waals surface area contributed by atoms with Crippen molar-refractivity contribution in [3.05, 3.63) is 35.4 Å². The number of rotatable bonds is 5. The molecule has 102 valence electrons. The summed E-state index contributed by atoms with van der Waals surface area (Å²) in [5.74, 6) is 0.782. The molecular formula is C16H26OS. The second-order valence-electron chi connectivity index (χ2n) is 5.94. The number of hydrogen-bond donors (Lipinski definition) is 1. The minimum Gasteiger partial charge on any atom is -0.388 e. The number of aliphatic hydroxyl groups is 1. The van der Waals surface area contributed by atoms with Crippen molar-refractivity contribution in [3.63, 3.8) is 0 Å². The highest BCUT2D eigenvalue weighted by molar-refractivity contribution is 7.99. The smallest absolute Gasteiger partial charge is 0.0880 e. The molecule has 1 N–H and O–H groups in total. The Hall–Kier alpha value is -0.470. The van der Waals surface area contributed by atoms with Crippen molar-refractivity contribution < 1.29 is 5.11 Å². The van der Waals surface area contributed by atoms with Crippen LogP contribution in [0.4, 0.5) is 0 Å². The van der Waals surface area contributed by atoms with Gasteiger partial charge in [-0.25, -0.2) is 0 Å². The van der Waals surface area contributed by atoms with E-state index in [-0.39, 0.29) is 11.5 Å². The Kier molecular flexibility index (Phi) is 5.74. The summed E-state index contributed by atoms with van der Waals surface area (Å²) in [7, 11) is 0. The van der Waals surface area contributed by atoms with Gasteiger partial charge in [0.25, 0.3) is 0 Å². The van der Waals surface area contributed by atoms with Crippen molar-refractivity contribution in [1.29, 1.82) is 0 Å². The van der Waals surface area contributed by atoms with E-state index in [1.54, 1.807) is 0 Å². The molecule has 0 aliphatic heterocycles. The van der Waals surface area contributed by atoms with Crippen molar-refractivity contribution in [3.8, 4) is 0 Å². The van der Waals surface area contributed by atoms with Crippen LogP contribution in [0, 0.1) is 0 Å². The lowest BCUT2D eigenvalue weighted by atomic mass is 9.86. The maximum Gasteiger partial charge on any atom is 0.0880 e. The van der Waals surface area contributed by atoms with Crippen LogP contribution in [0.15, 0.2) is 24.3 Å². The summed E-state index contributed by atoms with van der Waals surface area (Å²) >= 11 is 1.84. The molecule has 0 saturated carbocycles. The van der Waals surface area contributed by atoms with Crippen LogP contribution in [0.1, 0.15) is 58.3 Å². The predicted octanol–water partition coefficient (Wildman–Crippen LogP) is 4.55. The van der Waals surface area contributed by atoms with Gasteiger partial charge in [0.1, 0.15) is 0 Å². The lowest BCUT2D eigenvalue weighted by molar-refractivity contribution is 0.204. The van der Waals surface area contributed by atoms with Gasteiger partial charge in [-0.05, 0) is 23.0 Å². The maximum absolute atomic E-state index is 10.1. The van der Waals surface area contributed by atoms with Crippen LogP contribution in [-0.2, 0) is 5.41 Å². The fraction of sp³-hybridized carbons (Fsp3) is 0.625. The van der Waals surface area contributed by atoms with Gasteiger partial charge >= 0.3 is 0 Å². The summed E-state index contributed by atoms with van der Waals surface area (Å²) in [6.07, 6.45) is 0.804. The van der Waals surface area contributed by atoms with Crippen LogP contribution in [0.3, 0.4) is 0 Å². The monoisotopic (exact) mass is 266 g/mol. The van der Waals surface area contributed by atoms with Crippen molar-refractivity contribution in [1.82, 2.24) is 0 Å². The van der Waals surface area contributed by atoms with Crippen molar-refractivity contribution in [2.75, 3.05) is 5.75 Å². The minimum absolute atomic E-state index is 0.176. The summed E-state index contributed by atoms with van der Waals surface area (Å²) < 4.78 is 0.